The van der Waals surface area contributed by atoms with Crippen molar-refractivity contribution in [2.45, 2.75) is 71.3 Å². The summed E-state index contributed by atoms with van der Waals surface area (Å²) < 4.78 is 0. The fraction of sp³-hybridized carbons (Fsp3) is 0.765. The maximum atomic E-state index is 4.78. The van der Waals surface area contributed by atoms with Crippen LogP contribution in [-0.4, -0.2) is 29.6 Å². The van der Waals surface area contributed by atoms with Crippen LogP contribution < -0.4 is 10.2 Å². The van der Waals surface area contributed by atoms with Gasteiger partial charge in [-0.1, -0.05) is 33.1 Å². The molecule has 4 nitrogen and oxygen atoms in total. The van der Waals surface area contributed by atoms with Gasteiger partial charge >= 0.3 is 0 Å². The van der Waals surface area contributed by atoms with Crippen LogP contribution >= 0.6 is 0 Å². The monoisotopic (exact) mass is 290 g/mol. The Morgan fingerprint density at radius 2 is 1.90 bits per heavy atom. The van der Waals surface area contributed by atoms with E-state index in [1.807, 2.05) is 0 Å². The summed E-state index contributed by atoms with van der Waals surface area (Å²) >= 11 is 0. The molecule has 0 unspecified atom stereocenters. The lowest BCUT2D eigenvalue weighted by Gasteiger charge is -2.32. The van der Waals surface area contributed by atoms with Gasteiger partial charge in [0.15, 0.2) is 0 Å². The minimum Gasteiger partial charge on any atom is -0.370 e. The summed E-state index contributed by atoms with van der Waals surface area (Å²) in [5.74, 6) is 3.03. The smallest absolute Gasteiger partial charge is 0.134 e. The summed E-state index contributed by atoms with van der Waals surface area (Å²) in [4.78, 5) is 11.8. The zero-order valence-electron chi connectivity index (χ0n) is 13.9. The van der Waals surface area contributed by atoms with Gasteiger partial charge < -0.3 is 10.2 Å². The fourth-order valence-corrected chi connectivity index (χ4v) is 3.00. The number of nitrogens with one attached hydrogen (secondary N) is 1. The Kier molecular flexibility index (Phi) is 6.27. The quantitative estimate of drug-likeness (QED) is 0.823. The second-order valence-corrected chi connectivity index (χ2v) is 6.11. The van der Waals surface area contributed by atoms with E-state index >= 15 is 0 Å². The average molecular weight is 290 g/mol. The van der Waals surface area contributed by atoms with Crippen LogP contribution in [0.2, 0.25) is 0 Å². The maximum absolute atomic E-state index is 4.78. The molecule has 1 aliphatic carbocycles. The number of aryl methyl sites for hydroxylation is 1. The number of hydrogen-bond acceptors (Lipinski definition) is 4. The molecular formula is C17H30N4. The van der Waals surface area contributed by atoms with Crippen LogP contribution in [0.1, 0.15) is 64.6 Å². The molecule has 0 aromatic carbocycles. The molecule has 1 aliphatic rings. The maximum Gasteiger partial charge on any atom is 0.134 e. The Hall–Kier alpha value is -1.32. The normalized spacial score (nSPS) is 16.0. The van der Waals surface area contributed by atoms with Crippen LogP contribution in [0.15, 0.2) is 6.07 Å². The van der Waals surface area contributed by atoms with E-state index in [4.69, 9.17) is 4.98 Å². The number of nitrogens with zero attached hydrogens (tertiary/aromatic N) is 3. The molecule has 1 aromatic rings. The molecule has 1 saturated carbocycles. The van der Waals surface area contributed by atoms with Crippen LogP contribution in [0, 0.1) is 0 Å². The summed E-state index contributed by atoms with van der Waals surface area (Å²) in [5, 5.41) is 3.41. The van der Waals surface area contributed by atoms with Crippen molar-refractivity contribution < 1.29 is 0 Å². The van der Waals surface area contributed by atoms with Gasteiger partial charge in [-0.15, -0.1) is 0 Å². The van der Waals surface area contributed by atoms with Crippen LogP contribution in [0.4, 0.5) is 11.6 Å². The number of anilines is 2. The van der Waals surface area contributed by atoms with Gasteiger partial charge in [0, 0.05) is 32.1 Å². The molecule has 2 rings (SSSR count). The third-order valence-electron chi connectivity index (χ3n) is 4.27. The molecule has 1 heterocycles. The highest BCUT2D eigenvalue weighted by Gasteiger charge is 2.20. The van der Waals surface area contributed by atoms with Gasteiger partial charge in [-0.05, 0) is 25.7 Å². The second kappa shape index (κ2) is 8.20. The molecule has 4 heteroatoms. The van der Waals surface area contributed by atoms with Crippen molar-refractivity contribution in [3.63, 3.8) is 0 Å². The molecule has 1 aromatic heterocycles. The van der Waals surface area contributed by atoms with Gasteiger partial charge in [-0.3, -0.25) is 0 Å². The standard InChI is InChI=1S/C17H30N4/c1-4-9-15-19-16(18-12-5-2)13-17(20-15)21(3)14-10-7-6-8-11-14/h13-14H,4-12H2,1-3H3,(H,18,19,20). The SMILES string of the molecule is CCCNc1cc(N(C)C2CCCCC2)nc(CCC)n1. The molecule has 0 amide bonds. The Balaban J connectivity index is 2.16. The van der Waals surface area contributed by atoms with Gasteiger partial charge in [-0.2, -0.15) is 0 Å². The van der Waals surface area contributed by atoms with Gasteiger partial charge in [0.2, 0.25) is 0 Å². The summed E-state index contributed by atoms with van der Waals surface area (Å²) in [6.07, 6.45) is 9.82. The molecule has 118 valence electrons. The largest absolute Gasteiger partial charge is 0.370 e. The van der Waals surface area contributed by atoms with Crippen LogP contribution in [0.3, 0.4) is 0 Å². The van der Waals surface area contributed by atoms with Crippen molar-refractivity contribution >= 4 is 11.6 Å². The first-order valence-electron chi connectivity index (χ1n) is 8.59. The van der Waals surface area contributed by atoms with Crippen LogP contribution in [-0.2, 0) is 6.42 Å². The molecule has 0 spiro atoms. The predicted molar refractivity (Wildman–Crippen MR) is 90.1 cm³/mol. The van der Waals surface area contributed by atoms with E-state index in [9.17, 15) is 0 Å². The Morgan fingerprint density at radius 1 is 1.14 bits per heavy atom. The second-order valence-electron chi connectivity index (χ2n) is 6.11. The van der Waals surface area contributed by atoms with E-state index in [0.717, 1.165) is 43.3 Å². The Morgan fingerprint density at radius 3 is 2.57 bits per heavy atom. The van der Waals surface area contributed by atoms with E-state index in [1.54, 1.807) is 0 Å². The van der Waals surface area contributed by atoms with E-state index in [0.29, 0.717) is 6.04 Å². The molecule has 0 aliphatic heterocycles. The van der Waals surface area contributed by atoms with Crippen molar-refractivity contribution in [3.8, 4) is 0 Å². The summed E-state index contributed by atoms with van der Waals surface area (Å²) in [6, 6.07) is 2.76. The van der Waals surface area contributed by atoms with Crippen molar-refractivity contribution in [2.24, 2.45) is 0 Å². The molecule has 0 atom stereocenters. The molecule has 1 fully saturated rings. The van der Waals surface area contributed by atoms with Crippen molar-refractivity contribution in [1.82, 2.24) is 9.97 Å². The van der Waals surface area contributed by atoms with Crippen LogP contribution in [0.5, 0.6) is 0 Å². The molecule has 0 bridgehead atoms. The van der Waals surface area contributed by atoms with Crippen molar-refractivity contribution in [3.05, 3.63) is 11.9 Å². The molecule has 0 saturated heterocycles. The van der Waals surface area contributed by atoms with Gasteiger partial charge in [0.1, 0.15) is 17.5 Å². The third-order valence-corrected chi connectivity index (χ3v) is 4.27. The highest BCUT2D eigenvalue weighted by molar-refractivity contribution is 5.49. The van der Waals surface area contributed by atoms with Crippen molar-refractivity contribution in [1.29, 1.82) is 0 Å². The summed E-state index contributed by atoms with van der Waals surface area (Å²) in [7, 11) is 2.19. The predicted octanol–water partition coefficient (Wildman–Crippen LogP) is 4.02. The molecular weight excluding hydrogens is 260 g/mol. The summed E-state index contributed by atoms with van der Waals surface area (Å²) in [5.41, 5.74) is 0. The first-order valence-corrected chi connectivity index (χ1v) is 8.59. The van der Waals surface area contributed by atoms with E-state index in [-0.39, 0.29) is 0 Å². The van der Waals surface area contributed by atoms with Gasteiger partial charge in [-0.25, -0.2) is 9.97 Å². The third kappa shape index (κ3) is 4.58. The lowest BCUT2D eigenvalue weighted by molar-refractivity contribution is 0.425. The Labute approximate surface area is 129 Å². The first kappa shape index (κ1) is 16.1. The van der Waals surface area contributed by atoms with Gasteiger partial charge in [0.25, 0.3) is 0 Å². The first-order chi connectivity index (χ1) is 10.2. The van der Waals surface area contributed by atoms with E-state index in [1.165, 1.54) is 32.1 Å². The van der Waals surface area contributed by atoms with Crippen LogP contribution in [0.25, 0.3) is 0 Å². The highest BCUT2D eigenvalue weighted by Crippen LogP contribution is 2.26. The van der Waals surface area contributed by atoms with E-state index < -0.39 is 0 Å². The fourth-order valence-electron chi connectivity index (χ4n) is 3.00. The number of aromatic nitrogens is 2. The lowest BCUT2D eigenvalue weighted by Crippen LogP contribution is -2.34. The number of hydrogen-bond donors (Lipinski definition) is 1. The zero-order chi connectivity index (χ0) is 15.1. The molecule has 0 radical (unpaired) electrons. The minimum atomic E-state index is 0.641. The topological polar surface area (TPSA) is 41.0 Å². The zero-order valence-corrected chi connectivity index (χ0v) is 13.9. The Bertz CT molecular complexity index is 427. The average Bonchev–Trinajstić information content (AvgIpc) is 2.53. The highest BCUT2D eigenvalue weighted by atomic mass is 15.2. The molecule has 21 heavy (non-hydrogen) atoms. The van der Waals surface area contributed by atoms with Crippen molar-refractivity contribution in [2.75, 3.05) is 23.8 Å². The van der Waals surface area contributed by atoms with E-state index in [2.05, 4.69) is 42.2 Å². The molecule has 1 N–H and O–H groups in total. The number of rotatable bonds is 7. The summed E-state index contributed by atoms with van der Waals surface area (Å²) in [6.45, 7) is 5.32. The van der Waals surface area contributed by atoms with Gasteiger partial charge in [0.05, 0.1) is 0 Å². The lowest BCUT2D eigenvalue weighted by atomic mass is 9.94. The minimum absolute atomic E-state index is 0.641.